The highest BCUT2D eigenvalue weighted by atomic mass is 16.5. The van der Waals surface area contributed by atoms with Gasteiger partial charge in [-0.1, -0.05) is 94.0 Å². The molecule has 0 spiro atoms. The third-order valence-corrected chi connectivity index (χ3v) is 7.79. The van der Waals surface area contributed by atoms with Crippen molar-refractivity contribution >= 4 is 11.9 Å². The van der Waals surface area contributed by atoms with Gasteiger partial charge in [-0.05, 0) is 71.7 Å². The van der Waals surface area contributed by atoms with Gasteiger partial charge >= 0.3 is 0 Å². The lowest BCUT2D eigenvalue weighted by molar-refractivity contribution is -0.120. The lowest BCUT2D eigenvalue weighted by Crippen LogP contribution is -2.17. The highest BCUT2D eigenvalue weighted by Crippen LogP contribution is 2.40. The van der Waals surface area contributed by atoms with Crippen LogP contribution in [-0.4, -0.2) is 5.78 Å². The molecular formula is C34H38O2. The smallest absolute Gasteiger partial charge is 0.144 e. The molecular weight excluding hydrogens is 440 g/mol. The molecule has 1 saturated carbocycles. The lowest BCUT2D eigenvalue weighted by atomic mass is 9.80. The molecule has 0 aromatic heterocycles. The summed E-state index contributed by atoms with van der Waals surface area (Å²) < 4.78 is 6.19. The second-order valence-corrected chi connectivity index (χ2v) is 10.4. The number of allylic oxidation sites excluding steroid dienone is 1. The monoisotopic (exact) mass is 478 g/mol. The van der Waals surface area contributed by atoms with Crippen molar-refractivity contribution < 1.29 is 9.53 Å². The number of benzene rings is 3. The van der Waals surface area contributed by atoms with Crippen molar-refractivity contribution in [2.24, 2.45) is 5.92 Å². The summed E-state index contributed by atoms with van der Waals surface area (Å²) in [6.07, 6.45) is 8.71. The normalized spacial score (nSPS) is 15.5. The fraction of sp³-hybridized carbons (Fsp3) is 0.324. The maximum atomic E-state index is 13.5. The first-order valence-corrected chi connectivity index (χ1v) is 13.1. The summed E-state index contributed by atoms with van der Waals surface area (Å²) in [6.45, 7) is 14.4. The zero-order chi connectivity index (χ0) is 25.7. The van der Waals surface area contributed by atoms with Crippen molar-refractivity contribution in [3.63, 3.8) is 0 Å². The van der Waals surface area contributed by atoms with Crippen LogP contribution in [0.2, 0.25) is 0 Å². The van der Waals surface area contributed by atoms with Gasteiger partial charge in [0.05, 0.1) is 0 Å². The Morgan fingerprint density at radius 1 is 1.08 bits per heavy atom. The summed E-state index contributed by atoms with van der Waals surface area (Å²) in [7, 11) is 0. The number of aryl methyl sites for hydroxylation is 1. The van der Waals surface area contributed by atoms with E-state index in [9.17, 15) is 4.79 Å². The molecule has 4 rings (SSSR count). The molecule has 1 aliphatic rings. The van der Waals surface area contributed by atoms with Crippen LogP contribution < -0.4 is 4.74 Å². The van der Waals surface area contributed by atoms with Crippen LogP contribution in [0, 0.1) is 12.8 Å². The van der Waals surface area contributed by atoms with Gasteiger partial charge < -0.3 is 4.74 Å². The molecule has 0 radical (unpaired) electrons. The number of hydrogen-bond donors (Lipinski definition) is 0. The number of carbonyl (C=O) groups is 1. The summed E-state index contributed by atoms with van der Waals surface area (Å²) in [4.78, 5) is 13.5. The Hall–Kier alpha value is -3.39. The number of rotatable bonds is 12. The summed E-state index contributed by atoms with van der Waals surface area (Å²) >= 11 is 0. The molecule has 1 fully saturated rings. The number of ether oxygens (including phenoxy) is 1. The Balaban J connectivity index is 1.46. The van der Waals surface area contributed by atoms with E-state index < -0.39 is 0 Å². The summed E-state index contributed by atoms with van der Waals surface area (Å²) in [6, 6.07) is 22.5. The highest BCUT2D eigenvalue weighted by Gasteiger charge is 2.31. The van der Waals surface area contributed by atoms with Crippen molar-refractivity contribution in [3.05, 3.63) is 114 Å². The average molecular weight is 479 g/mol. The van der Waals surface area contributed by atoms with E-state index in [1.54, 1.807) is 0 Å². The summed E-state index contributed by atoms with van der Waals surface area (Å²) in [5.41, 5.74) is 5.49. The van der Waals surface area contributed by atoms with Crippen LogP contribution in [0.4, 0.5) is 0 Å². The predicted octanol–water partition coefficient (Wildman–Crippen LogP) is 8.98. The van der Waals surface area contributed by atoms with Gasteiger partial charge in [0, 0.05) is 17.8 Å². The molecule has 36 heavy (non-hydrogen) atoms. The van der Waals surface area contributed by atoms with Gasteiger partial charge in [-0.15, -0.1) is 6.58 Å². The number of Topliss-reactive ketones (excluding diaryl/α,β-unsaturated/α-hetero) is 1. The molecule has 1 aliphatic carbocycles. The number of ketones is 1. The molecule has 2 heteroatoms. The van der Waals surface area contributed by atoms with Crippen molar-refractivity contribution in [1.29, 1.82) is 0 Å². The Morgan fingerprint density at radius 3 is 2.42 bits per heavy atom. The molecule has 0 bridgehead atoms. The van der Waals surface area contributed by atoms with Crippen molar-refractivity contribution in [3.8, 4) is 11.5 Å². The zero-order valence-electron chi connectivity index (χ0n) is 21.9. The second-order valence-electron chi connectivity index (χ2n) is 10.4. The van der Waals surface area contributed by atoms with Crippen LogP contribution in [0.15, 0.2) is 86.0 Å². The van der Waals surface area contributed by atoms with E-state index >= 15 is 0 Å². The standard InChI is InChI=1S/C34H38O2/c1-6-27-11-9-10-12-30(27)31(22-25-13-14-25)32(35)23-26-15-18-29(19-16-26)36-33-20-17-28(21-24(33)4)34(5,7-2)8-3/h6-7,9-12,15-21,25,31H,1-2,8,13-14,22-23H2,3-5H3. The van der Waals surface area contributed by atoms with E-state index in [0.717, 1.165) is 46.6 Å². The van der Waals surface area contributed by atoms with Crippen LogP contribution in [-0.2, 0) is 16.6 Å². The zero-order valence-corrected chi connectivity index (χ0v) is 21.9. The SMILES string of the molecule is C=Cc1ccccc1C(CC1CC1)C(=O)Cc1ccc(Oc2ccc(C(C)(C=C)CC)cc2C)cc1. The molecule has 186 valence electrons. The molecule has 3 aromatic carbocycles. The van der Waals surface area contributed by atoms with Gasteiger partial charge in [0.2, 0.25) is 0 Å². The Morgan fingerprint density at radius 2 is 1.81 bits per heavy atom. The minimum atomic E-state index is -0.0758. The topological polar surface area (TPSA) is 26.3 Å². The van der Waals surface area contributed by atoms with Gasteiger partial charge in [-0.3, -0.25) is 4.79 Å². The van der Waals surface area contributed by atoms with Crippen LogP contribution in [0.25, 0.3) is 6.08 Å². The molecule has 2 atom stereocenters. The molecule has 0 heterocycles. The minimum Gasteiger partial charge on any atom is -0.457 e. The van der Waals surface area contributed by atoms with Crippen molar-refractivity contribution in [2.75, 3.05) is 0 Å². The minimum absolute atomic E-state index is 0.0406. The first kappa shape index (κ1) is 25.7. The van der Waals surface area contributed by atoms with Crippen LogP contribution in [0.3, 0.4) is 0 Å². The molecule has 0 saturated heterocycles. The average Bonchev–Trinajstić information content (AvgIpc) is 3.73. The van der Waals surface area contributed by atoms with E-state index in [2.05, 4.69) is 58.2 Å². The quantitative estimate of drug-likeness (QED) is 0.243. The fourth-order valence-electron chi connectivity index (χ4n) is 4.85. The summed E-state index contributed by atoms with van der Waals surface area (Å²) in [5, 5.41) is 0. The van der Waals surface area contributed by atoms with Gasteiger partial charge in [-0.2, -0.15) is 0 Å². The maximum Gasteiger partial charge on any atom is 0.144 e. The number of carbonyl (C=O) groups excluding carboxylic acids is 1. The van der Waals surface area contributed by atoms with E-state index in [1.165, 1.54) is 18.4 Å². The van der Waals surface area contributed by atoms with E-state index in [0.29, 0.717) is 12.3 Å². The van der Waals surface area contributed by atoms with Gasteiger partial charge in [-0.25, -0.2) is 0 Å². The van der Waals surface area contributed by atoms with Gasteiger partial charge in [0.15, 0.2) is 0 Å². The fourth-order valence-corrected chi connectivity index (χ4v) is 4.85. The maximum absolute atomic E-state index is 13.5. The molecule has 2 nitrogen and oxygen atoms in total. The van der Waals surface area contributed by atoms with Crippen molar-refractivity contribution in [2.45, 2.75) is 64.2 Å². The Bertz CT molecular complexity index is 1230. The Kier molecular flexibility index (Phi) is 7.94. The first-order chi connectivity index (χ1) is 17.4. The van der Waals surface area contributed by atoms with E-state index in [1.807, 2.05) is 54.6 Å². The largest absolute Gasteiger partial charge is 0.457 e. The van der Waals surface area contributed by atoms with Gasteiger partial charge in [0.25, 0.3) is 0 Å². The Labute approximate surface area is 216 Å². The second kappa shape index (κ2) is 11.1. The molecule has 2 unspecified atom stereocenters. The number of hydrogen-bond acceptors (Lipinski definition) is 2. The predicted molar refractivity (Wildman–Crippen MR) is 151 cm³/mol. The molecule has 3 aromatic rings. The first-order valence-electron chi connectivity index (χ1n) is 13.1. The third-order valence-electron chi connectivity index (χ3n) is 7.79. The molecule has 0 aliphatic heterocycles. The van der Waals surface area contributed by atoms with Crippen LogP contribution in [0.5, 0.6) is 11.5 Å². The third kappa shape index (κ3) is 5.87. The van der Waals surface area contributed by atoms with Gasteiger partial charge in [0.1, 0.15) is 17.3 Å². The summed E-state index contributed by atoms with van der Waals surface area (Å²) in [5.74, 6) is 2.49. The molecule has 0 N–H and O–H groups in total. The van der Waals surface area contributed by atoms with Crippen LogP contribution in [0.1, 0.15) is 73.3 Å². The highest BCUT2D eigenvalue weighted by molar-refractivity contribution is 5.88. The van der Waals surface area contributed by atoms with Crippen LogP contribution >= 0.6 is 0 Å². The lowest BCUT2D eigenvalue weighted by Gasteiger charge is -2.25. The van der Waals surface area contributed by atoms with E-state index in [-0.39, 0.29) is 17.1 Å². The van der Waals surface area contributed by atoms with Crippen molar-refractivity contribution in [1.82, 2.24) is 0 Å². The van der Waals surface area contributed by atoms with E-state index in [4.69, 9.17) is 4.74 Å². The molecule has 0 amide bonds.